The molecule has 0 saturated carbocycles. The quantitative estimate of drug-likeness (QED) is 0.420. The van der Waals surface area contributed by atoms with Crippen LogP contribution in [-0.2, 0) is 9.88 Å². The van der Waals surface area contributed by atoms with E-state index in [1.807, 2.05) is 13.8 Å². The van der Waals surface area contributed by atoms with Gasteiger partial charge < -0.3 is 0 Å². The molecule has 0 fully saturated rings. The summed E-state index contributed by atoms with van der Waals surface area (Å²) in [5.41, 5.74) is 4.87. The van der Waals surface area contributed by atoms with Crippen LogP contribution in [0.25, 0.3) is 0 Å². The van der Waals surface area contributed by atoms with Gasteiger partial charge in [-0.25, -0.2) is 0 Å². The molecule has 0 rings (SSSR count). The van der Waals surface area contributed by atoms with Gasteiger partial charge >= 0.3 is 0 Å². The van der Waals surface area contributed by atoms with Gasteiger partial charge in [-0.15, -0.1) is 0 Å². The van der Waals surface area contributed by atoms with Gasteiger partial charge in [-0.05, 0) is 19.5 Å². The molecule has 0 unspecified atom stereocenters. The Hall–Kier alpha value is -0.200. The van der Waals surface area contributed by atoms with E-state index in [9.17, 15) is 0 Å². The zero-order valence-electron chi connectivity index (χ0n) is 6.84. The minimum atomic E-state index is 0.262. The molecule has 0 aliphatic heterocycles. The van der Waals surface area contributed by atoms with Gasteiger partial charge in [0, 0.05) is 20.1 Å². The van der Waals surface area contributed by atoms with Gasteiger partial charge in [0.05, 0.1) is 0 Å². The Bertz CT molecular complexity index is 67.3. The van der Waals surface area contributed by atoms with Crippen LogP contribution in [0.15, 0.2) is 0 Å². The Morgan fingerprint density at radius 3 is 2.30 bits per heavy atom. The van der Waals surface area contributed by atoms with Gasteiger partial charge in [-0.2, -0.15) is 20.4 Å². The van der Waals surface area contributed by atoms with Crippen LogP contribution in [0.5, 0.6) is 0 Å². The largest absolute Gasteiger partial charge is 0.186 e. The molecule has 0 radical (unpaired) electrons. The topological polar surface area (TPSA) is 45.8 Å². The number of nitrogens with zero attached hydrogens (tertiary/aromatic N) is 1. The van der Waals surface area contributed by atoms with Crippen LogP contribution in [0.1, 0.15) is 13.8 Å². The lowest BCUT2D eigenvalue weighted by molar-refractivity contribution is -0.308. The predicted molar refractivity (Wildman–Crippen MR) is 37.3 cm³/mol. The van der Waals surface area contributed by atoms with E-state index in [0.717, 1.165) is 0 Å². The second-order valence-corrected chi connectivity index (χ2v) is 2.36. The van der Waals surface area contributed by atoms with E-state index in [0.29, 0.717) is 0 Å². The summed E-state index contributed by atoms with van der Waals surface area (Å²) in [6, 6.07) is 0.262. The molecule has 0 spiro atoms. The molecule has 0 bridgehead atoms. The molecule has 0 saturated heterocycles. The van der Waals surface area contributed by atoms with Gasteiger partial charge in [0.1, 0.15) is 0 Å². The molecule has 2 N–H and O–H groups in total. The number of rotatable bonds is 5. The molecular weight excluding hydrogens is 134 g/mol. The zero-order chi connectivity index (χ0) is 7.98. The van der Waals surface area contributed by atoms with Gasteiger partial charge in [0.25, 0.3) is 0 Å². The molecule has 0 atom stereocenters. The Morgan fingerprint density at radius 1 is 1.30 bits per heavy atom. The molecule has 10 heavy (non-hydrogen) atoms. The average molecular weight is 149 g/mol. The highest BCUT2D eigenvalue weighted by molar-refractivity contribution is 4.36. The predicted octanol–water partition coefficient (Wildman–Crippen LogP) is -0.171. The summed E-state index contributed by atoms with van der Waals surface area (Å²) < 4.78 is 0. The molecule has 5 nitrogen and oxygen atoms in total. The maximum atomic E-state index is 4.69. The molecule has 5 heteroatoms. The first-order chi connectivity index (χ1) is 4.63. The number of hydrogen-bond acceptors (Lipinski definition) is 5. The molecule has 62 valence electrons. The Labute approximate surface area is 61.1 Å². The Balaban J connectivity index is 2.91. The Morgan fingerprint density at radius 2 is 1.90 bits per heavy atom. The third kappa shape index (κ3) is 7.80. The summed E-state index contributed by atoms with van der Waals surface area (Å²) in [5.74, 6) is 0. The summed E-state index contributed by atoms with van der Waals surface area (Å²) in [5, 5.41) is 1.47. The van der Waals surface area contributed by atoms with Crippen molar-refractivity contribution in [3.8, 4) is 0 Å². The van der Waals surface area contributed by atoms with Crippen LogP contribution in [0.4, 0.5) is 0 Å². The third-order valence-corrected chi connectivity index (χ3v) is 0.556. The second-order valence-electron chi connectivity index (χ2n) is 2.36. The second kappa shape index (κ2) is 5.57. The molecule has 0 amide bonds. The summed E-state index contributed by atoms with van der Waals surface area (Å²) in [6.45, 7) is 3.91. The normalized spacial score (nSPS) is 11.4. The van der Waals surface area contributed by atoms with Crippen molar-refractivity contribution in [2.75, 3.05) is 14.1 Å². The van der Waals surface area contributed by atoms with Crippen LogP contribution in [-0.4, -0.2) is 25.2 Å². The van der Waals surface area contributed by atoms with Crippen molar-refractivity contribution in [1.82, 2.24) is 16.2 Å². The first-order valence-corrected chi connectivity index (χ1v) is 3.13. The highest BCUT2D eigenvalue weighted by atomic mass is 17.0. The minimum absolute atomic E-state index is 0.262. The number of hydrogen-bond donors (Lipinski definition) is 2. The van der Waals surface area contributed by atoms with E-state index in [1.54, 1.807) is 14.1 Å². The highest BCUT2D eigenvalue weighted by Gasteiger charge is 1.91. The van der Waals surface area contributed by atoms with Crippen molar-refractivity contribution in [1.29, 1.82) is 0 Å². The van der Waals surface area contributed by atoms with Crippen LogP contribution >= 0.6 is 0 Å². The lowest BCUT2D eigenvalue weighted by Gasteiger charge is -2.11. The fourth-order valence-corrected chi connectivity index (χ4v) is 0.235. The van der Waals surface area contributed by atoms with Crippen molar-refractivity contribution in [3.05, 3.63) is 0 Å². The van der Waals surface area contributed by atoms with Gasteiger partial charge in [0.15, 0.2) is 0 Å². The lowest BCUT2D eigenvalue weighted by atomic mass is 10.4. The molecule has 0 aromatic rings. The van der Waals surface area contributed by atoms with E-state index in [-0.39, 0.29) is 6.04 Å². The van der Waals surface area contributed by atoms with E-state index < -0.39 is 0 Å². The molecule has 0 aromatic heterocycles. The highest BCUT2D eigenvalue weighted by Crippen LogP contribution is 1.74. The van der Waals surface area contributed by atoms with E-state index in [4.69, 9.17) is 4.94 Å². The minimum Gasteiger partial charge on any atom is -0.186 e. The van der Waals surface area contributed by atoms with Crippen molar-refractivity contribution in [3.63, 3.8) is 0 Å². The SMILES string of the molecule is CC(C)NONON(C)C. The summed E-state index contributed by atoms with van der Waals surface area (Å²) >= 11 is 0. The van der Waals surface area contributed by atoms with E-state index >= 15 is 0 Å². The van der Waals surface area contributed by atoms with Crippen molar-refractivity contribution in [2.24, 2.45) is 0 Å². The molecule has 0 heterocycles. The Kier molecular flexibility index (Phi) is 5.46. The standard InChI is InChI=1S/C5H15N3O2/c1-5(2)6-9-7-10-8(3)4/h5-7H,1-4H3. The number of hydroxylamine groups is 3. The van der Waals surface area contributed by atoms with E-state index in [1.165, 1.54) is 5.06 Å². The molecule has 0 aliphatic rings. The lowest BCUT2D eigenvalue weighted by Crippen LogP contribution is -2.34. The molecule has 0 aliphatic carbocycles. The van der Waals surface area contributed by atoms with Crippen LogP contribution < -0.4 is 11.1 Å². The molecule has 0 aromatic carbocycles. The summed E-state index contributed by atoms with van der Waals surface area (Å²) in [4.78, 5) is 9.33. The maximum absolute atomic E-state index is 4.69. The number of nitrogens with one attached hydrogen (secondary N) is 2. The van der Waals surface area contributed by atoms with Crippen LogP contribution in [0, 0.1) is 0 Å². The van der Waals surface area contributed by atoms with Gasteiger partial charge in [-0.1, -0.05) is 0 Å². The fraction of sp³-hybridized carbons (Fsp3) is 1.00. The zero-order valence-corrected chi connectivity index (χ0v) is 6.84. The van der Waals surface area contributed by atoms with Gasteiger partial charge in [-0.3, -0.25) is 0 Å². The van der Waals surface area contributed by atoms with Crippen LogP contribution in [0.3, 0.4) is 0 Å². The maximum Gasteiger partial charge on any atom is 0.0285 e. The fourth-order valence-electron chi connectivity index (χ4n) is 0.235. The van der Waals surface area contributed by atoms with Crippen molar-refractivity contribution >= 4 is 0 Å². The first-order valence-electron chi connectivity index (χ1n) is 3.13. The summed E-state index contributed by atoms with van der Waals surface area (Å²) in [7, 11) is 3.48. The van der Waals surface area contributed by atoms with Crippen molar-refractivity contribution < 1.29 is 9.88 Å². The van der Waals surface area contributed by atoms with Crippen molar-refractivity contribution in [2.45, 2.75) is 19.9 Å². The third-order valence-electron chi connectivity index (χ3n) is 0.556. The monoisotopic (exact) mass is 149 g/mol. The smallest absolute Gasteiger partial charge is 0.0285 e. The summed E-state index contributed by atoms with van der Waals surface area (Å²) in [6.07, 6.45) is 0. The average Bonchev–Trinajstić information content (AvgIpc) is 1.79. The molecular formula is C5H15N3O2. The van der Waals surface area contributed by atoms with E-state index in [2.05, 4.69) is 16.1 Å². The van der Waals surface area contributed by atoms with Crippen LogP contribution in [0.2, 0.25) is 0 Å². The first kappa shape index (κ1) is 9.80. The van der Waals surface area contributed by atoms with Gasteiger partial charge in [0.2, 0.25) is 0 Å².